The van der Waals surface area contributed by atoms with Crippen LogP contribution in [0, 0.1) is 5.92 Å². The molecule has 2 heterocycles. The minimum Gasteiger partial charge on any atom is -0.364 e. The van der Waals surface area contributed by atoms with E-state index in [-0.39, 0.29) is 11.7 Å². The number of nitrogens with zero attached hydrogens (tertiary/aromatic N) is 3. The average molecular weight is 221 g/mol. The van der Waals surface area contributed by atoms with E-state index in [0.29, 0.717) is 5.92 Å². The van der Waals surface area contributed by atoms with Gasteiger partial charge in [-0.1, -0.05) is 6.92 Å². The number of primary amides is 1. The third-order valence-electron chi connectivity index (χ3n) is 2.90. The Morgan fingerprint density at radius 1 is 1.44 bits per heavy atom. The molecule has 4 N–H and O–H groups in total. The van der Waals surface area contributed by atoms with Gasteiger partial charge in [-0.25, -0.2) is 0 Å². The van der Waals surface area contributed by atoms with Crippen LogP contribution in [-0.2, 0) is 0 Å². The maximum absolute atomic E-state index is 10.8. The van der Waals surface area contributed by atoms with Gasteiger partial charge in [0.1, 0.15) is 0 Å². The smallest absolute Gasteiger partial charge is 0.269 e. The molecule has 0 spiro atoms. The van der Waals surface area contributed by atoms with Crippen molar-refractivity contribution in [2.75, 3.05) is 18.0 Å². The van der Waals surface area contributed by atoms with E-state index in [1.807, 2.05) is 0 Å². The zero-order valence-electron chi connectivity index (χ0n) is 9.13. The van der Waals surface area contributed by atoms with Crippen molar-refractivity contribution in [2.24, 2.45) is 17.4 Å². The first-order chi connectivity index (χ1) is 7.58. The van der Waals surface area contributed by atoms with Crippen molar-refractivity contribution < 1.29 is 4.79 Å². The third kappa shape index (κ3) is 1.96. The van der Waals surface area contributed by atoms with E-state index in [9.17, 15) is 4.79 Å². The lowest BCUT2D eigenvalue weighted by Crippen LogP contribution is -2.29. The second-order valence-corrected chi connectivity index (χ2v) is 4.19. The molecule has 0 radical (unpaired) electrons. The van der Waals surface area contributed by atoms with Gasteiger partial charge >= 0.3 is 0 Å². The van der Waals surface area contributed by atoms with Crippen LogP contribution in [0.4, 0.5) is 5.82 Å². The number of hydrogen-bond donors (Lipinski definition) is 2. The Kier molecular flexibility index (Phi) is 2.74. The number of carbonyl (C=O) groups is 1. The van der Waals surface area contributed by atoms with E-state index in [1.54, 1.807) is 12.1 Å². The second kappa shape index (κ2) is 4.05. The summed E-state index contributed by atoms with van der Waals surface area (Å²) in [7, 11) is 0. The molecule has 2 rings (SSSR count). The molecule has 0 saturated carbocycles. The van der Waals surface area contributed by atoms with Crippen molar-refractivity contribution in [1.29, 1.82) is 0 Å². The number of aromatic nitrogens is 2. The van der Waals surface area contributed by atoms with Gasteiger partial charge in [0, 0.05) is 19.1 Å². The quantitative estimate of drug-likeness (QED) is 0.692. The van der Waals surface area contributed by atoms with Gasteiger partial charge in [0.15, 0.2) is 11.5 Å². The molecule has 1 fully saturated rings. The molecule has 6 nitrogen and oxygen atoms in total. The molecule has 1 aromatic rings. The molecule has 6 heteroatoms. The Labute approximate surface area is 93.6 Å². The molecule has 16 heavy (non-hydrogen) atoms. The Morgan fingerprint density at radius 3 is 2.62 bits per heavy atom. The summed E-state index contributed by atoms with van der Waals surface area (Å²) in [6, 6.07) is 3.49. The van der Waals surface area contributed by atoms with E-state index < -0.39 is 5.91 Å². The zero-order valence-corrected chi connectivity index (χ0v) is 9.13. The monoisotopic (exact) mass is 221 g/mol. The Hall–Kier alpha value is -1.69. The van der Waals surface area contributed by atoms with Crippen LogP contribution in [0.3, 0.4) is 0 Å². The van der Waals surface area contributed by atoms with E-state index >= 15 is 0 Å². The van der Waals surface area contributed by atoms with Gasteiger partial charge < -0.3 is 16.4 Å². The molecule has 1 aliphatic heterocycles. The number of nitrogens with two attached hydrogens (primary N) is 2. The number of amides is 1. The molecule has 0 aliphatic carbocycles. The fourth-order valence-corrected chi connectivity index (χ4v) is 1.80. The molecular weight excluding hydrogens is 206 g/mol. The van der Waals surface area contributed by atoms with Gasteiger partial charge in [-0.3, -0.25) is 4.79 Å². The van der Waals surface area contributed by atoms with Gasteiger partial charge in [0.2, 0.25) is 0 Å². The molecular formula is C10H15N5O. The molecule has 1 aliphatic rings. The van der Waals surface area contributed by atoms with Gasteiger partial charge in [-0.15, -0.1) is 10.2 Å². The van der Waals surface area contributed by atoms with E-state index in [2.05, 4.69) is 22.0 Å². The van der Waals surface area contributed by atoms with Crippen molar-refractivity contribution >= 4 is 11.7 Å². The van der Waals surface area contributed by atoms with Crippen LogP contribution in [0.25, 0.3) is 0 Å². The van der Waals surface area contributed by atoms with Crippen LogP contribution in [0.15, 0.2) is 12.1 Å². The molecule has 86 valence electrons. The van der Waals surface area contributed by atoms with Crippen molar-refractivity contribution in [2.45, 2.75) is 13.0 Å². The van der Waals surface area contributed by atoms with Crippen molar-refractivity contribution in [3.63, 3.8) is 0 Å². The van der Waals surface area contributed by atoms with E-state index in [1.165, 1.54) is 0 Å². The molecule has 1 saturated heterocycles. The summed E-state index contributed by atoms with van der Waals surface area (Å²) in [6.07, 6.45) is 0. The van der Waals surface area contributed by atoms with Crippen molar-refractivity contribution in [3.05, 3.63) is 17.8 Å². The third-order valence-corrected chi connectivity index (χ3v) is 2.90. The summed E-state index contributed by atoms with van der Waals surface area (Å²) in [4.78, 5) is 12.9. The molecule has 1 aromatic heterocycles. The number of anilines is 1. The fourth-order valence-electron chi connectivity index (χ4n) is 1.80. The van der Waals surface area contributed by atoms with Crippen LogP contribution >= 0.6 is 0 Å². The summed E-state index contributed by atoms with van der Waals surface area (Å²) < 4.78 is 0. The predicted octanol–water partition coefficient (Wildman–Crippen LogP) is -0.641. The lowest BCUT2D eigenvalue weighted by atomic mass is 10.1. The highest BCUT2D eigenvalue weighted by Gasteiger charge is 2.27. The van der Waals surface area contributed by atoms with Crippen LogP contribution in [0.5, 0.6) is 0 Å². The molecule has 1 amide bonds. The normalized spacial score (nSPS) is 24.8. The Morgan fingerprint density at radius 2 is 2.19 bits per heavy atom. The van der Waals surface area contributed by atoms with E-state index in [0.717, 1.165) is 18.9 Å². The van der Waals surface area contributed by atoms with Crippen LogP contribution < -0.4 is 16.4 Å². The highest BCUT2D eigenvalue weighted by Crippen LogP contribution is 2.20. The maximum atomic E-state index is 10.8. The first kappa shape index (κ1) is 10.8. The summed E-state index contributed by atoms with van der Waals surface area (Å²) in [5.41, 5.74) is 11.2. The van der Waals surface area contributed by atoms with Crippen LogP contribution in [-0.4, -0.2) is 35.2 Å². The summed E-state index contributed by atoms with van der Waals surface area (Å²) in [6.45, 7) is 3.74. The molecule has 0 bridgehead atoms. The topological polar surface area (TPSA) is 98.1 Å². The Bertz CT molecular complexity index is 381. The van der Waals surface area contributed by atoms with Crippen molar-refractivity contribution in [1.82, 2.24) is 10.2 Å². The summed E-state index contributed by atoms with van der Waals surface area (Å²) in [5, 5.41) is 7.74. The second-order valence-electron chi connectivity index (χ2n) is 4.19. The highest BCUT2D eigenvalue weighted by atomic mass is 16.1. The Balaban J connectivity index is 2.14. The summed E-state index contributed by atoms with van der Waals surface area (Å²) >= 11 is 0. The van der Waals surface area contributed by atoms with Crippen LogP contribution in [0.2, 0.25) is 0 Å². The minimum atomic E-state index is -0.564. The van der Waals surface area contributed by atoms with Gasteiger partial charge in [0.05, 0.1) is 0 Å². The highest BCUT2D eigenvalue weighted by molar-refractivity contribution is 5.90. The standard InChI is InChI=1S/C10H15N5O/c1-6-4-15(5-7(6)11)9-3-2-8(10(12)16)13-14-9/h2-3,6-7H,4-5,11H2,1H3,(H2,12,16). The van der Waals surface area contributed by atoms with E-state index in [4.69, 9.17) is 11.5 Å². The first-order valence-corrected chi connectivity index (χ1v) is 5.22. The lowest BCUT2D eigenvalue weighted by molar-refractivity contribution is 0.0994. The largest absolute Gasteiger partial charge is 0.364 e. The summed E-state index contributed by atoms with van der Waals surface area (Å²) in [5.74, 6) is 0.618. The number of hydrogen-bond acceptors (Lipinski definition) is 5. The first-order valence-electron chi connectivity index (χ1n) is 5.22. The minimum absolute atomic E-state index is 0.164. The molecule has 0 aromatic carbocycles. The number of rotatable bonds is 2. The van der Waals surface area contributed by atoms with Crippen LogP contribution in [0.1, 0.15) is 17.4 Å². The van der Waals surface area contributed by atoms with Gasteiger partial charge in [-0.2, -0.15) is 0 Å². The molecule has 2 atom stereocenters. The SMILES string of the molecule is CC1CN(c2ccc(C(N)=O)nn2)CC1N. The van der Waals surface area contributed by atoms with Gasteiger partial charge in [0.25, 0.3) is 5.91 Å². The molecule has 2 unspecified atom stereocenters. The fraction of sp³-hybridized carbons (Fsp3) is 0.500. The predicted molar refractivity (Wildman–Crippen MR) is 59.9 cm³/mol. The lowest BCUT2D eigenvalue weighted by Gasteiger charge is -2.15. The average Bonchev–Trinajstić information content (AvgIpc) is 2.59. The maximum Gasteiger partial charge on any atom is 0.269 e. The van der Waals surface area contributed by atoms with Crippen molar-refractivity contribution in [3.8, 4) is 0 Å². The van der Waals surface area contributed by atoms with Gasteiger partial charge in [-0.05, 0) is 18.1 Å². The zero-order chi connectivity index (χ0) is 11.7. The number of carbonyl (C=O) groups excluding carboxylic acids is 1.